The Bertz CT molecular complexity index is 1530. The standard InChI is InChI=1S/C35H35FN2O5/c1-3-10-33(39)38(28-14-9-13-27(36)24-28)21-22-43-29-19-17-25(18-20-29)23-32(35(41)42-2)37-31-16-8-7-15-30(31)34(40)26-11-5-4-6-12-26/h4-9,11-20,24,32,37H,3,10,21-23H2,1-2H3. The lowest BCUT2D eigenvalue weighted by atomic mass is 10.00. The second-order valence-corrected chi connectivity index (χ2v) is 9.93. The lowest BCUT2D eigenvalue weighted by Gasteiger charge is -2.23. The number of anilines is 2. The number of nitrogens with zero attached hydrogens (tertiary/aromatic N) is 1. The van der Waals surface area contributed by atoms with Gasteiger partial charge >= 0.3 is 5.97 Å². The zero-order valence-corrected chi connectivity index (χ0v) is 24.3. The molecular weight excluding hydrogens is 547 g/mol. The first-order chi connectivity index (χ1) is 20.9. The Morgan fingerprint density at radius 1 is 0.884 bits per heavy atom. The molecule has 8 heteroatoms. The van der Waals surface area contributed by atoms with Crippen molar-refractivity contribution in [3.8, 4) is 5.75 Å². The number of benzene rings is 4. The number of rotatable bonds is 14. The maximum Gasteiger partial charge on any atom is 0.328 e. The van der Waals surface area contributed by atoms with Crippen molar-refractivity contribution in [1.29, 1.82) is 0 Å². The van der Waals surface area contributed by atoms with Crippen LogP contribution in [0.4, 0.5) is 15.8 Å². The molecular formula is C35H35FN2O5. The molecule has 4 rings (SSSR count). The molecule has 0 aliphatic carbocycles. The maximum absolute atomic E-state index is 13.8. The Hall–Kier alpha value is -4.98. The van der Waals surface area contributed by atoms with E-state index in [2.05, 4.69) is 5.32 Å². The van der Waals surface area contributed by atoms with Crippen LogP contribution in [0.25, 0.3) is 0 Å². The van der Waals surface area contributed by atoms with E-state index in [4.69, 9.17) is 9.47 Å². The molecule has 0 radical (unpaired) electrons. The zero-order chi connectivity index (χ0) is 30.6. The average Bonchev–Trinajstić information content (AvgIpc) is 3.03. The molecule has 0 saturated carbocycles. The second kappa shape index (κ2) is 15.3. The van der Waals surface area contributed by atoms with Gasteiger partial charge in [0, 0.05) is 35.3 Å². The predicted molar refractivity (Wildman–Crippen MR) is 165 cm³/mol. The van der Waals surface area contributed by atoms with Crippen LogP contribution < -0.4 is 15.0 Å². The van der Waals surface area contributed by atoms with Crippen LogP contribution in [0.5, 0.6) is 5.75 Å². The number of carbonyl (C=O) groups is 3. The third-order valence-electron chi connectivity index (χ3n) is 6.85. The van der Waals surface area contributed by atoms with Gasteiger partial charge in [-0.15, -0.1) is 0 Å². The minimum absolute atomic E-state index is 0.0968. The number of esters is 1. The molecule has 0 aliphatic heterocycles. The highest BCUT2D eigenvalue weighted by molar-refractivity contribution is 6.12. The normalized spacial score (nSPS) is 11.3. The van der Waals surface area contributed by atoms with Gasteiger partial charge in [0.1, 0.15) is 24.2 Å². The first-order valence-electron chi connectivity index (χ1n) is 14.2. The van der Waals surface area contributed by atoms with Gasteiger partial charge in [0.15, 0.2) is 5.78 Å². The highest BCUT2D eigenvalue weighted by Gasteiger charge is 2.23. The maximum atomic E-state index is 13.8. The van der Waals surface area contributed by atoms with Gasteiger partial charge in [-0.3, -0.25) is 9.59 Å². The summed E-state index contributed by atoms with van der Waals surface area (Å²) < 4.78 is 24.7. The molecule has 0 spiro atoms. The molecule has 4 aromatic rings. The molecule has 0 aliphatic rings. The highest BCUT2D eigenvalue weighted by Crippen LogP contribution is 2.23. The van der Waals surface area contributed by atoms with Crippen molar-refractivity contribution in [3.05, 3.63) is 126 Å². The third-order valence-corrected chi connectivity index (χ3v) is 6.85. The molecule has 1 unspecified atom stereocenters. The first-order valence-corrected chi connectivity index (χ1v) is 14.2. The SMILES string of the molecule is CCCC(=O)N(CCOc1ccc(CC(Nc2ccccc2C(=O)c2ccccc2)C(=O)OC)cc1)c1cccc(F)c1. The smallest absolute Gasteiger partial charge is 0.328 e. The molecule has 0 fully saturated rings. The lowest BCUT2D eigenvalue weighted by Crippen LogP contribution is -2.34. The van der Waals surface area contributed by atoms with Crippen LogP contribution in [-0.2, 0) is 20.7 Å². The number of hydrogen-bond donors (Lipinski definition) is 1. The molecule has 222 valence electrons. The van der Waals surface area contributed by atoms with E-state index < -0.39 is 17.8 Å². The quantitative estimate of drug-likeness (QED) is 0.136. The van der Waals surface area contributed by atoms with Gasteiger partial charge in [-0.2, -0.15) is 0 Å². The Morgan fingerprint density at radius 3 is 2.30 bits per heavy atom. The molecule has 43 heavy (non-hydrogen) atoms. The minimum Gasteiger partial charge on any atom is -0.492 e. The lowest BCUT2D eigenvalue weighted by molar-refractivity contribution is -0.141. The molecule has 0 bridgehead atoms. The number of ether oxygens (including phenoxy) is 2. The third kappa shape index (κ3) is 8.52. The minimum atomic E-state index is -0.745. The average molecular weight is 583 g/mol. The number of para-hydroxylation sites is 1. The Kier molecular flexibility index (Phi) is 11.0. The fourth-order valence-corrected chi connectivity index (χ4v) is 4.68. The van der Waals surface area contributed by atoms with Crippen LogP contribution in [-0.4, -0.2) is 44.0 Å². The van der Waals surface area contributed by atoms with Gasteiger partial charge in [0.05, 0.1) is 13.7 Å². The molecule has 1 N–H and O–H groups in total. The van der Waals surface area contributed by atoms with Gasteiger partial charge in [-0.1, -0.05) is 67.6 Å². The second-order valence-electron chi connectivity index (χ2n) is 9.93. The molecule has 1 amide bonds. The van der Waals surface area contributed by atoms with Crippen molar-refractivity contribution in [2.45, 2.75) is 32.2 Å². The van der Waals surface area contributed by atoms with E-state index in [-0.39, 0.29) is 24.8 Å². The summed E-state index contributed by atoms with van der Waals surface area (Å²) in [5.41, 5.74) is 2.88. The van der Waals surface area contributed by atoms with Crippen LogP contribution in [0.2, 0.25) is 0 Å². The van der Waals surface area contributed by atoms with E-state index in [0.717, 1.165) is 5.56 Å². The largest absolute Gasteiger partial charge is 0.492 e. The topological polar surface area (TPSA) is 84.9 Å². The monoisotopic (exact) mass is 582 g/mol. The summed E-state index contributed by atoms with van der Waals surface area (Å²) in [7, 11) is 1.33. The van der Waals surface area contributed by atoms with Crippen LogP contribution >= 0.6 is 0 Å². The zero-order valence-electron chi connectivity index (χ0n) is 24.3. The van der Waals surface area contributed by atoms with Gasteiger partial charge < -0.3 is 19.7 Å². The number of carbonyl (C=O) groups excluding carboxylic acids is 3. The van der Waals surface area contributed by atoms with Crippen LogP contribution in [0.15, 0.2) is 103 Å². The van der Waals surface area contributed by atoms with E-state index in [1.165, 1.54) is 24.1 Å². The van der Waals surface area contributed by atoms with Crippen LogP contribution in [0, 0.1) is 5.82 Å². The summed E-state index contributed by atoms with van der Waals surface area (Å²) in [5, 5.41) is 3.21. The summed E-state index contributed by atoms with van der Waals surface area (Å²) in [6.45, 7) is 2.40. The van der Waals surface area contributed by atoms with E-state index >= 15 is 0 Å². The summed E-state index contributed by atoms with van der Waals surface area (Å²) >= 11 is 0. The molecule has 7 nitrogen and oxygen atoms in total. The van der Waals surface area contributed by atoms with Gasteiger partial charge in [-0.05, 0) is 54.4 Å². The van der Waals surface area contributed by atoms with Crippen molar-refractivity contribution in [1.82, 2.24) is 0 Å². The molecule has 0 saturated heterocycles. The highest BCUT2D eigenvalue weighted by atomic mass is 19.1. The Balaban J connectivity index is 1.41. The van der Waals surface area contributed by atoms with Gasteiger partial charge in [-0.25, -0.2) is 9.18 Å². The van der Waals surface area contributed by atoms with E-state index in [1.54, 1.807) is 72.8 Å². The number of methoxy groups -OCH3 is 1. The first kappa shape index (κ1) is 31.0. The molecule has 4 aromatic carbocycles. The Morgan fingerprint density at radius 2 is 1.60 bits per heavy atom. The number of ketones is 1. The summed E-state index contributed by atoms with van der Waals surface area (Å²) in [5.74, 6) is -0.528. The van der Waals surface area contributed by atoms with Crippen LogP contribution in [0.3, 0.4) is 0 Å². The number of nitrogens with one attached hydrogen (secondary N) is 1. The summed E-state index contributed by atoms with van der Waals surface area (Å²) in [6, 6.07) is 28.5. The molecule has 0 heterocycles. The fourth-order valence-electron chi connectivity index (χ4n) is 4.68. The number of halogens is 1. The van der Waals surface area contributed by atoms with Gasteiger partial charge in [0.2, 0.25) is 5.91 Å². The van der Waals surface area contributed by atoms with Crippen molar-refractivity contribution < 1.29 is 28.2 Å². The van der Waals surface area contributed by atoms with Gasteiger partial charge in [0.25, 0.3) is 0 Å². The van der Waals surface area contributed by atoms with E-state index in [0.29, 0.717) is 47.5 Å². The molecule has 0 aromatic heterocycles. The number of hydrogen-bond acceptors (Lipinski definition) is 6. The summed E-state index contributed by atoms with van der Waals surface area (Å²) in [6.07, 6.45) is 1.34. The number of amides is 1. The molecule has 1 atom stereocenters. The van der Waals surface area contributed by atoms with Crippen molar-refractivity contribution in [2.75, 3.05) is 30.5 Å². The van der Waals surface area contributed by atoms with Crippen LogP contribution in [0.1, 0.15) is 41.3 Å². The van der Waals surface area contributed by atoms with Crippen molar-refractivity contribution in [2.24, 2.45) is 0 Å². The fraction of sp³-hybridized carbons (Fsp3) is 0.229. The predicted octanol–water partition coefficient (Wildman–Crippen LogP) is 6.47. The van der Waals surface area contributed by atoms with E-state index in [9.17, 15) is 18.8 Å². The van der Waals surface area contributed by atoms with Crippen molar-refractivity contribution >= 4 is 29.0 Å². The van der Waals surface area contributed by atoms with Crippen molar-refractivity contribution in [3.63, 3.8) is 0 Å². The Labute approximate surface area is 251 Å². The summed E-state index contributed by atoms with van der Waals surface area (Å²) in [4.78, 5) is 40.1. The van der Waals surface area contributed by atoms with E-state index in [1.807, 2.05) is 25.1 Å².